The van der Waals surface area contributed by atoms with Gasteiger partial charge in [-0.25, -0.2) is 8.42 Å². The van der Waals surface area contributed by atoms with Gasteiger partial charge in [-0.15, -0.1) is 0 Å². The van der Waals surface area contributed by atoms with Crippen LogP contribution >= 0.6 is 11.6 Å². The van der Waals surface area contributed by atoms with E-state index in [1.165, 1.54) is 31.4 Å². The highest BCUT2D eigenvalue weighted by Crippen LogP contribution is 2.29. The molecule has 0 aliphatic carbocycles. The van der Waals surface area contributed by atoms with E-state index < -0.39 is 15.9 Å². The van der Waals surface area contributed by atoms with Crippen LogP contribution in [0, 0.1) is 6.92 Å². The first-order chi connectivity index (χ1) is 15.7. The molecular formula is C24H25ClN2O5S. The van der Waals surface area contributed by atoms with Crippen molar-refractivity contribution in [1.29, 1.82) is 0 Å². The number of methoxy groups -OCH3 is 2. The van der Waals surface area contributed by atoms with Gasteiger partial charge in [0.25, 0.3) is 15.9 Å². The zero-order valence-corrected chi connectivity index (χ0v) is 20.1. The van der Waals surface area contributed by atoms with Crippen LogP contribution in [0.15, 0.2) is 65.6 Å². The Bertz CT molecular complexity index is 1240. The number of hydrogen-bond acceptors (Lipinski definition) is 5. The highest BCUT2D eigenvalue weighted by molar-refractivity contribution is 7.92. The van der Waals surface area contributed by atoms with E-state index in [4.69, 9.17) is 21.1 Å². The van der Waals surface area contributed by atoms with Crippen molar-refractivity contribution in [3.8, 4) is 11.5 Å². The fraction of sp³-hybridized carbons (Fsp3) is 0.208. The Morgan fingerprint density at radius 3 is 2.36 bits per heavy atom. The number of carbonyl (C=O) groups is 1. The lowest BCUT2D eigenvalue weighted by molar-refractivity contribution is 0.0955. The van der Waals surface area contributed by atoms with Crippen molar-refractivity contribution in [1.82, 2.24) is 5.32 Å². The molecule has 0 bridgehead atoms. The van der Waals surface area contributed by atoms with E-state index in [9.17, 15) is 13.2 Å². The summed E-state index contributed by atoms with van der Waals surface area (Å²) < 4.78 is 39.0. The van der Waals surface area contributed by atoms with Crippen molar-refractivity contribution < 1.29 is 22.7 Å². The van der Waals surface area contributed by atoms with Crippen molar-refractivity contribution in [2.75, 3.05) is 25.5 Å². The Kier molecular flexibility index (Phi) is 7.84. The van der Waals surface area contributed by atoms with E-state index in [0.717, 1.165) is 16.9 Å². The van der Waals surface area contributed by atoms with Gasteiger partial charge in [-0.3, -0.25) is 9.52 Å². The van der Waals surface area contributed by atoms with Crippen molar-refractivity contribution in [3.05, 3.63) is 82.4 Å². The third kappa shape index (κ3) is 6.18. The van der Waals surface area contributed by atoms with Crippen LogP contribution in [0.3, 0.4) is 0 Å². The first kappa shape index (κ1) is 24.4. The SMILES string of the molecule is COc1ccc(CCNC(=O)c2cc(Cl)ccc2NS(=O)(=O)c2cc(C)ccc2OC)cc1. The number of carbonyl (C=O) groups excluding carboxylic acids is 1. The van der Waals surface area contributed by atoms with E-state index in [0.29, 0.717) is 18.0 Å². The van der Waals surface area contributed by atoms with E-state index in [2.05, 4.69) is 10.0 Å². The first-order valence-electron chi connectivity index (χ1n) is 10.1. The third-order valence-corrected chi connectivity index (χ3v) is 6.56. The van der Waals surface area contributed by atoms with Gasteiger partial charge in [0.15, 0.2) is 0 Å². The second-order valence-corrected chi connectivity index (χ2v) is 9.39. The molecule has 0 saturated heterocycles. The Balaban J connectivity index is 1.78. The molecule has 3 aromatic rings. The largest absolute Gasteiger partial charge is 0.497 e. The quantitative estimate of drug-likeness (QED) is 0.464. The molecule has 0 atom stereocenters. The van der Waals surface area contributed by atoms with Gasteiger partial charge in [0, 0.05) is 11.6 Å². The van der Waals surface area contributed by atoms with Gasteiger partial charge in [0.1, 0.15) is 16.4 Å². The fourth-order valence-corrected chi connectivity index (χ4v) is 4.70. The second-order valence-electron chi connectivity index (χ2n) is 7.30. The standard InChI is InChI=1S/C24H25ClN2O5S/c1-16-4-11-22(32-3)23(14-16)33(29,30)27-21-10-7-18(25)15-20(21)24(28)26-13-12-17-5-8-19(31-2)9-6-17/h4-11,14-15,27H,12-13H2,1-3H3,(H,26,28). The van der Waals surface area contributed by atoms with E-state index in [1.54, 1.807) is 26.2 Å². The van der Waals surface area contributed by atoms with Crippen LogP contribution in [-0.4, -0.2) is 35.1 Å². The number of benzene rings is 3. The summed E-state index contributed by atoms with van der Waals surface area (Å²) in [5.41, 5.74) is 2.01. The molecule has 33 heavy (non-hydrogen) atoms. The van der Waals surface area contributed by atoms with Crippen molar-refractivity contribution in [2.45, 2.75) is 18.2 Å². The number of amides is 1. The predicted molar refractivity (Wildman–Crippen MR) is 129 cm³/mol. The topological polar surface area (TPSA) is 93.7 Å². The Hall–Kier alpha value is -3.23. The molecular weight excluding hydrogens is 464 g/mol. The fourth-order valence-electron chi connectivity index (χ4n) is 3.19. The number of halogens is 1. The molecule has 0 aliphatic heterocycles. The van der Waals surface area contributed by atoms with E-state index in [-0.39, 0.29) is 21.9 Å². The highest BCUT2D eigenvalue weighted by Gasteiger charge is 2.23. The number of rotatable bonds is 9. The van der Waals surface area contributed by atoms with Crippen LogP contribution in [0.25, 0.3) is 0 Å². The number of anilines is 1. The van der Waals surface area contributed by atoms with Gasteiger partial charge in [-0.1, -0.05) is 29.8 Å². The minimum atomic E-state index is -4.03. The summed E-state index contributed by atoms with van der Waals surface area (Å²) in [4.78, 5) is 12.8. The first-order valence-corrected chi connectivity index (χ1v) is 12.0. The molecule has 0 aliphatic rings. The molecule has 7 nitrogen and oxygen atoms in total. The average Bonchev–Trinajstić information content (AvgIpc) is 2.80. The number of ether oxygens (including phenoxy) is 2. The lowest BCUT2D eigenvalue weighted by Crippen LogP contribution is -2.27. The molecule has 2 N–H and O–H groups in total. The lowest BCUT2D eigenvalue weighted by Gasteiger charge is -2.15. The lowest BCUT2D eigenvalue weighted by atomic mass is 10.1. The Labute approximate surface area is 198 Å². The maximum absolute atomic E-state index is 13.1. The van der Waals surface area contributed by atoms with Gasteiger partial charge in [-0.05, 0) is 66.9 Å². The van der Waals surface area contributed by atoms with Crippen LogP contribution in [0.1, 0.15) is 21.5 Å². The van der Waals surface area contributed by atoms with Crippen LogP contribution < -0.4 is 19.5 Å². The van der Waals surface area contributed by atoms with Gasteiger partial charge < -0.3 is 14.8 Å². The average molecular weight is 489 g/mol. The van der Waals surface area contributed by atoms with Crippen LogP contribution in [0.4, 0.5) is 5.69 Å². The molecule has 0 saturated carbocycles. The minimum Gasteiger partial charge on any atom is -0.497 e. The van der Waals surface area contributed by atoms with Crippen LogP contribution in [-0.2, 0) is 16.4 Å². The Morgan fingerprint density at radius 2 is 1.70 bits per heavy atom. The molecule has 174 valence electrons. The molecule has 0 fully saturated rings. The zero-order chi connectivity index (χ0) is 24.0. The van der Waals surface area contributed by atoms with Gasteiger partial charge in [-0.2, -0.15) is 0 Å². The summed E-state index contributed by atoms with van der Waals surface area (Å²) in [7, 11) is -1.03. The molecule has 0 spiro atoms. The summed E-state index contributed by atoms with van der Waals surface area (Å²) in [6.45, 7) is 2.14. The maximum Gasteiger partial charge on any atom is 0.265 e. The van der Waals surface area contributed by atoms with Crippen LogP contribution in [0.5, 0.6) is 11.5 Å². The number of aryl methyl sites for hydroxylation is 1. The summed E-state index contributed by atoms with van der Waals surface area (Å²) >= 11 is 6.09. The predicted octanol–water partition coefficient (Wildman–Crippen LogP) is 4.44. The number of hydrogen-bond donors (Lipinski definition) is 2. The molecule has 0 radical (unpaired) electrons. The zero-order valence-electron chi connectivity index (χ0n) is 18.5. The van der Waals surface area contributed by atoms with E-state index in [1.807, 2.05) is 24.3 Å². The highest BCUT2D eigenvalue weighted by atomic mass is 35.5. The normalized spacial score (nSPS) is 11.0. The smallest absolute Gasteiger partial charge is 0.265 e. The second kappa shape index (κ2) is 10.6. The molecule has 0 aromatic heterocycles. The Morgan fingerprint density at radius 1 is 0.970 bits per heavy atom. The van der Waals surface area contributed by atoms with Crippen molar-refractivity contribution >= 4 is 33.2 Å². The summed E-state index contributed by atoms with van der Waals surface area (Å²) in [5, 5.41) is 3.12. The molecule has 0 heterocycles. The van der Waals surface area contributed by atoms with Crippen LogP contribution in [0.2, 0.25) is 5.02 Å². The summed E-state index contributed by atoms with van der Waals surface area (Å²) in [6.07, 6.45) is 0.595. The third-order valence-electron chi connectivity index (χ3n) is 4.94. The van der Waals surface area contributed by atoms with Crippen molar-refractivity contribution in [2.24, 2.45) is 0 Å². The molecule has 3 rings (SSSR count). The molecule has 0 unspecified atom stereocenters. The molecule has 9 heteroatoms. The van der Waals surface area contributed by atoms with E-state index >= 15 is 0 Å². The maximum atomic E-state index is 13.1. The number of sulfonamides is 1. The summed E-state index contributed by atoms with van der Waals surface area (Å²) in [5.74, 6) is 0.511. The van der Waals surface area contributed by atoms with Gasteiger partial charge in [0.2, 0.25) is 0 Å². The monoisotopic (exact) mass is 488 g/mol. The minimum absolute atomic E-state index is 0.0224. The number of nitrogens with one attached hydrogen (secondary N) is 2. The van der Waals surface area contributed by atoms with Gasteiger partial charge >= 0.3 is 0 Å². The summed E-state index contributed by atoms with van der Waals surface area (Å²) in [6, 6.07) is 16.8. The molecule has 3 aromatic carbocycles. The van der Waals surface area contributed by atoms with Crippen molar-refractivity contribution in [3.63, 3.8) is 0 Å². The molecule has 1 amide bonds. The van der Waals surface area contributed by atoms with Gasteiger partial charge in [0.05, 0.1) is 25.5 Å².